The van der Waals surface area contributed by atoms with Crippen molar-refractivity contribution in [2.24, 2.45) is 0 Å². The lowest BCUT2D eigenvalue weighted by atomic mass is 10.0. The largest absolute Gasteiger partial charge is 0.462 e. The molecular weight excluding hydrogens is 997 g/mol. The zero-order chi connectivity index (χ0) is 58.5. The molecule has 0 N–H and O–H groups in total. The molecule has 1 atom stereocenters. The fourth-order valence-electron chi connectivity index (χ4n) is 10.5. The van der Waals surface area contributed by atoms with E-state index < -0.39 is 6.10 Å². The van der Waals surface area contributed by atoms with E-state index in [9.17, 15) is 14.4 Å². The maximum absolute atomic E-state index is 13.0. The van der Waals surface area contributed by atoms with E-state index in [-0.39, 0.29) is 31.1 Å². The molecule has 0 amide bonds. The van der Waals surface area contributed by atoms with Crippen molar-refractivity contribution < 1.29 is 28.6 Å². The first-order chi connectivity index (χ1) is 40.0. The average molecular weight is 1130 g/mol. The molecule has 0 rings (SSSR count). The minimum absolute atomic E-state index is 0.0842. The van der Waals surface area contributed by atoms with E-state index in [1.54, 1.807) is 0 Å². The normalized spacial score (nSPS) is 12.5. The van der Waals surface area contributed by atoms with Gasteiger partial charge in [-0.05, 0) is 70.6 Å². The molecule has 0 aliphatic rings. The molecule has 0 fully saturated rings. The van der Waals surface area contributed by atoms with Crippen LogP contribution in [-0.2, 0) is 28.6 Å². The zero-order valence-electron chi connectivity index (χ0n) is 54.1. The summed E-state index contributed by atoms with van der Waals surface area (Å²) in [4.78, 5) is 38.5. The predicted octanol–water partition coefficient (Wildman–Crippen LogP) is 24.4. The van der Waals surface area contributed by atoms with E-state index in [1.165, 1.54) is 231 Å². The number of allylic oxidation sites excluding steroid dienone is 12. The van der Waals surface area contributed by atoms with E-state index in [0.717, 1.165) is 96.3 Å². The Labute approximate surface area is 503 Å². The quantitative estimate of drug-likeness (QED) is 0.0261. The number of carbonyl (C=O) groups excluding carboxylic acids is 3. The summed E-state index contributed by atoms with van der Waals surface area (Å²) in [6.07, 6.45) is 90.7. The molecule has 0 aromatic carbocycles. The highest BCUT2D eigenvalue weighted by molar-refractivity contribution is 5.71. The molecule has 470 valence electrons. The highest BCUT2D eigenvalue weighted by atomic mass is 16.6. The van der Waals surface area contributed by atoms with Gasteiger partial charge in [0, 0.05) is 19.3 Å². The number of hydrogen-bond donors (Lipinski definition) is 0. The summed E-state index contributed by atoms with van der Waals surface area (Å²) in [6.45, 7) is 6.56. The second kappa shape index (κ2) is 69.3. The predicted molar refractivity (Wildman–Crippen MR) is 353 cm³/mol. The summed E-state index contributed by atoms with van der Waals surface area (Å²) >= 11 is 0. The molecule has 0 aliphatic carbocycles. The maximum Gasteiger partial charge on any atom is 0.306 e. The number of esters is 3. The van der Waals surface area contributed by atoms with E-state index in [1.807, 2.05) is 0 Å². The van der Waals surface area contributed by atoms with Crippen LogP contribution in [0.2, 0.25) is 0 Å². The fourth-order valence-corrected chi connectivity index (χ4v) is 10.5. The molecule has 0 heterocycles. The van der Waals surface area contributed by atoms with Crippen molar-refractivity contribution in [3.05, 3.63) is 72.9 Å². The summed E-state index contributed by atoms with van der Waals surface area (Å²) < 4.78 is 17.0. The molecule has 0 spiro atoms. The first-order valence-corrected chi connectivity index (χ1v) is 35.4. The summed E-state index contributed by atoms with van der Waals surface area (Å²) in [5.41, 5.74) is 0. The molecule has 6 nitrogen and oxygen atoms in total. The first-order valence-electron chi connectivity index (χ1n) is 35.4. The smallest absolute Gasteiger partial charge is 0.306 e. The van der Waals surface area contributed by atoms with Gasteiger partial charge in [0.2, 0.25) is 0 Å². The van der Waals surface area contributed by atoms with E-state index >= 15 is 0 Å². The van der Waals surface area contributed by atoms with Crippen LogP contribution in [-0.4, -0.2) is 37.2 Å². The molecule has 81 heavy (non-hydrogen) atoms. The third-order valence-corrected chi connectivity index (χ3v) is 15.7. The summed E-state index contributed by atoms with van der Waals surface area (Å²) in [5.74, 6) is -0.904. The monoisotopic (exact) mass is 1130 g/mol. The van der Waals surface area contributed by atoms with Crippen molar-refractivity contribution in [2.75, 3.05) is 13.2 Å². The molecule has 0 aromatic rings. The molecule has 0 saturated heterocycles. The Morgan fingerprint density at radius 2 is 0.481 bits per heavy atom. The van der Waals surface area contributed by atoms with Gasteiger partial charge >= 0.3 is 17.9 Å². The van der Waals surface area contributed by atoms with Gasteiger partial charge in [0.1, 0.15) is 13.2 Å². The van der Waals surface area contributed by atoms with Crippen molar-refractivity contribution in [3.8, 4) is 0 Å². The lowest BCUT2D eigenvalue weighted by Gasteiger charge is -2.18. The Kier molecular flexibility index (Phi) is 66.6. The van der Waals surface area contributed by atoms with E-state index in [0.29, 0.717) is 19.3 Å². The van der Waals surface area contributed by atoms with Gasteiger partial charge in [-0.1, -0.05) is 351 Å². The Morgan fingerprint density at radius 1 is 0.259 bits per heavy atom. The SMILES string of the molecule is CC/C=C\C/C=C\C/C=C\C/C=C\C/C=C\C/C=C\CCCCC(=O)OCC(COC(=O)CCCCCCCCCCCCCCCCCCCCCCC)OC(=O)CCCCCCCCCCCCCCCCCCCCCCC. The highest BCUT2D eigenvalue weighted by Gasteiger charge is 2.19. The minimum atomic E-state index is -0.793. The summed E-state index contributed by atoms with van der Waals surface area (Å²) in [6, 6.07) is 0. The Morgan fingerprint density at radius 3 is 0.753 bits per heavy atom. The molecule has 0 aliphatic heterocycles. The molecular formula is C75H134O6. The van der Waals surface area contributed by atoms with Crippen LogP contribution in [0, 0.1) is 0 Å². The fraction of sp³-hybridized carbons (Fsp3) is 0.800. The number of ether oxygens (including phenoxy) is 3. The van der Waals surface area contributed by atoms with Gasteiger partial charge in [0.05, 0.1) is 0 Å². The van der Waals surface area contributed by atoms with Crippen LogP contribution in [0.1, 0.15) is 367 Å². The highest BCUT2D eigenvalue weighted by Crippen LogP contribution is 2.18. The van der Waals surface area contributed by atoms with E-state index in [4.69, 9.17) is 14.2 Å². The van der Waals surface area contributed by atoms with Gasteiger partial charge in [-0.25, -0.2) is 0 Å². The molecule has 0 aromatic heterocycles. The van der Waals surface area contributed by atoms with Gasteiger partial charge in [-0.2, -0.15) is 0 Å². The maximum atomic E-state index is 13.0. The topological polar surface area (TPSA) is 78.9 Å². The van der Waals surface area contributed by atoms with Gasteiger partial charge in [0.15, 0.2) is 6.10 Å². The molecule has 0 saturated carbocycles. The van der Waals surface area contributed by atoms with Crippen molar-refractivity contribution in [1.82, 2.24) is 0 Å². The van der Waals surface area contributed by atoms with Crippen molar-refractivity contribution in [1.29, 1.82) is 0 Å². The summed E-state index contributed by atoms with van der Waals surface area (Å²) in [5, 5.41) is 0. The standard InChI is InChI=1S/C75H134O6/c1-4-7-10-13-16-19-22-25-28-31-34-37-40-43-46-49-52-55-58-61-64-67-73(76)79-70-72(81-75(78)69-66-63-60-57-54-51-48-45-42-39-36-33-30-27-24-21-18-15-12-9-6-3)71-80-74(77)68-65-62-59-56-53-50-47-44-41-38-35-32-29-26-23-20-17-14-11-8-5-2/h7,10,16,19,25,28,34,37,43,46,52,55,72H,4-6,8-9,11-15,17-18,20-24,26-27,29-33,35-36,38-42,44-45,47-51,53-54,56-71H2,1-3H3/b10-7-,19-16-,28-25-,37-34-,46-43-,55-52-. The average Bonchev–Trinajstić information content (AvgIpc) is 3.47. The van der Waals surface area contributed by atoms with Crippen molar-refractivity contribution in [2.45, 2.75) is 374 Å². The number of hydrogen-bond acceptors (Lipinski definition) is 6. The molecule has 1 unspecified atom stereocenters. The van der Waals surface area contributed by atoms with Crippen LogP contribution in [0.5, 0.6) is 0 Å². The van der Waals surface area contributed by atoms with Crippen LogP contribution in [0.25, 0.3) is 0 Å². The Hall–Kier alpha value is -3.15. The molecule has 6 heteroatoms. The number of rotatable bonds is 65. The van der Waals surface area contributed by atoms with Crippen LogP contribution in [0.3, 0.4) is 0 Å². The van der Waals surface area contributed by atoms with Gasteiger partial charge < -0.3 is 14.2 Å². The third kappa shape index (κ3) is 67.5. The number of carbonyl (C=O) groups is 3. The summed E-state index contributed by atoms with van der Waals surface area (Å²) in [7, 11) is 0. The minimum Gasteiger partial charge on any atom is -0.462 e. The lowest BCUT2D eigenvalue weighted by Crippen LogP contribution is -2.30. The van der Waals surface area contributed by atoms with Crippen LogP contribution in [0.4, 0.5) is 0 Å². The van der Waals surface area contributed by atoms with Crippen LogP contribution < -0.4 is 0 Å². The van der Waals surface area contributed by atoms with Crippen molar-refractivity contribution >= 4 is 17.9 Å². The van der Waals surface area contributed by atoms with Gasteiger partial charge in [-0.3, -0.25) is 14.4 Å². The van der Waals surface area contributed by atoms with Crippen LogP contribution in [0.15, 0.2) is 72.9 Å². The van der Waals surface area contributed by atoms with Crippen LogP contribution >= 0.6 is 0 Å². The van der Waals surface area contributed by atoms with Crippen molar-refractivity contribution in [3.63, 3.8) is 0 Å². The van der Waals surface area contributed by atoms with Gasteiger partial charge in [-0.15, -0.1) is 0 Å². The van der Waals surface area contributed by atoms with E-state index in [2.05, 4.69) is 93.7 Å². The number of unbranched alkanes of at least 4 members (excludes halogenated alkanes) is 42. The third-order valence-electron chi connectivity index (χ3n) is 15.7. The zero-order valence-corrected chi connectivity index (χ0v) is 54.1. The first kappa shape index (κ1) is 77.9. The Bertz CT molecular complexity index is 1490. The molecule has 0 radical (unpaired) electrons. The van der Waals surface area contributed by atoms with Gasteiger partial charge in [0.25, 0.3) is 0 Å². The second-order valence-electron chi connectivity index (χ2n) is 23.8. The second-order valence-corrected chi connectivity index (χ2v) is 23.8. The Balaban J connectivity index is 4.40. The molecule has 0 bridgehead atoms. The lowest BCUT2D eigenvalue weighted by molar-refractivity contribution is -0.167.